The van der Waals surface area contributed by atoms with Crippen LogP contribution in [0.1, 0.15) is 13.3 Å². The number of anilines is 1. The van der Waals surface area contributed by atoms with E-state index in [9.17, 15) is 4.79 Å². The van der Waals surface area contributed by atoms with E-state index in [1.165, 1.54) is 18.4 Å². The van der Waals surface area contributed by atoms with Gasteiger partial charge in [0.25, 0.3) is 0 Å². The molecule has 6 heteroatoms. The Morgan fingerprint density at radius 2 is 2.39 bits per heavy atom. The highest BCUT2D eigenvalue weighted by Gasteiger charge is 2.18. The molecule has 1 unspecified atom stereocenters. The molecule has 0 aliphatic rings. The summed E-state index contributed by atoms with van der Waals surface area (Å²) in [5, 5.41) is 3.84. The van der Waals surface area contributed by atoms with Gasteiger partial charge in [-0.2, -0.15) is 0 Å². The molecule has 96 valence electrons. The number of carbonyl (C=O) groups is 1. The Morgan fingerprint density at radius 3 is 3.06 bits per heavy atom. The van der Waals surface area contributed by atoms with Gasteiger partial charge in [0.2, 0.25) is 0 Å². The molecule has 1 aromatic carbocycles. The van der Waals surface area contributed by atoms with Gasteiger partial charge in [-0.15, -0.1) is 0 Å². The number of rotatable bonds is 4. The van der Waals surface area contributed by atoms with Crippen LogP contribution in [0, 0.1) is 0 Å². The molecule has 0 spiro atoms. The molecule has 0 saturated carbocycles. The zero-order valence-corrected chi connectivity index (χ0v) is 12.5. The second-order valence-corrected chi connectivity index (χ2v) is 5.71. The highest BCUT2D eigenvalue weighted by molar-refractivity contribution is 9.10. The fraction of sp³-hybridized carbons (Fsp3) is 0.333. The van der Waals surface area contributed by atoms with Gasteiger partial charge in [0.15, 0.2) is 5.13 Å². The third kappa shape index (κ3) is 2.81. The van der Waals surface area contributed by atoms with Crippen molar-refractivity contribution in [2.75, 3.05) is 12.4 Å². The summed E-state index contributed by atoms with van der Waals surface area (Å²) < 4.78 is 6.81. The number of esters is 1. The first-order valence-corrected chi connectivity index (χ1v) is 7.15. The smallest absolute Gasteiger partial charge is 0.328 e. The lowest BCUT2D eigenvalue weighted by atomic mass is 10.2. The van der Waals surface area contributed by atoms with Crippen LogP contribution in [-0.2, 0) is 9.53 Å². The highest BCUT2D eigenvalue weighted by atomic mass is 79.9. The summed E-state index contributed by atoms with van der Waals surface area (Å²) in [6.07, 6.45) is 0.659. The van der Waals surface area contributed by atoms with Gasteiger partial charge in [-0.3, -0.25) is 0 Å². The summed E-state index contributed by atoms with van der Waals surface area (Å²) in [5.74, 6) is -0.266. The molecule has 2 rings (SSSR count). The van der Waals surface area contributed by atoms with Crippen LogP contribution in [-0.4, -0.2) is 24.1 Å². The van der Waals surface area contributed by atoms with Gasteiger partial charge in [0, 0.05) is 4.47 Å². The topological polar surface area (TPSA) is 51.2 Å². The first-order valence-electron chi connectivity index (χ1n) is 5.54. The van der Waals surface area contributed by atoms with E-state index in [0.717, 1.165) is 19.8 Å². The van der Waals surface area contributed by atoms with Gasteiger partial charge in [-0.1, -0.05) is 34.2 Å². The summed E-state index contributed by atoms with van der Waals surface area (Å²) in [5.41, 5.74) is 0.914. The van der Waals surface area contributed by atoms with Crippen molar-refractivity contribution in [1.29, 1.82) is 0 Å². The molecule has 1 N–H and O–H groups in total. The predicted octanol–water partition coefficient (Wildman–Crippen LogP) is 3.42. The number of nitrogens with zero attached hydrogens (tertiary/aromatic N) is 1. The number of nitrogens with one attached hydrogen (secondary N) is 1. The van der Waals surface area contributed by atoms with Crippen molar-refractivity contribution in [3.05, 3.63) is 22.7 Å². The zero-order valence-electron chi connectivity index (χ0n) is 10.1. The minimum absolute atomic E-state index is 0.266. The lowest BCUT2D eigenvalue weighted by Gasteiger charge is -2.12. The molecule has 0 aliphatic carbocycles. The Bertz CT molecular complexity index is 570. The number of thiazole rings is 1. The van der Waals surface area contributed by atoms with Crippen molar-refractivity contribution in [3.8, 4) is 0 Å². The summed E-state index contributed by atoms with van der Waals surface area (Å²) in [6.45, 7) is 1.93. The number of benzene rings is 1. The molecule has 0 bridgehead atoms. The second-order valence-electron chi connectivity index (χ2n) is 3.76. The Morgan fingerprint density at radius 1 is 1.61 bits per heavy atom. The third-order valence-electron chi connectivity index (χ3n) is 2.54. The summed E-state index contributed by atoms with van der Waals surface area (Å²) in [6, 6.07) is 5.58. The number of hydrogen-bond donors (Lipinski definition) is 1. The molecule has 4 nitrogen and oxygen atoms in total. The lowest BCUT2D eigenvalue weighted by molar-refractivity contribution is -0.141. The van der Waals surface area contributed by atoms with E-state index in [2.05, 4.69) is 26.2 Å². The normalized spacial score (nSPS) is 12.4. The molecule has 2 aromatic rings. The van der Waals surface area contributed by atoms with Gasteiger partial charge < -0.3 is 10.1 Å². The molecular weight excluding hydrogens is 316 g/mol. The number of halogens is 1. The summed E-state index contributed by atoms with van der Waals surface area (Å²) in [4.78, 5) is 15.9. The molecular formula is C12H13BrN2O2S. The average molecular weight is 329 g/mol. The minimum Gasteiger partial charge on any atom is -0.467 e. The van der Waals surface area contributed by atoms with E-state index in [-0.39, 0.29) is 12.0 Å². The number of fused-ring (bicyclic) bond motifs is 1. The predicted molar refractivity (Wildman–Crippen MR) is 77.0 cm³/mol. The molecule has 1 aromatic heterocycles. The lowest BCUT2D eigenvalue weighted by Crippen LogP contribution is -2.29. The largest absolute Gasteiger partial charge is 0.467 e. The SMILES string of the molecule is CCC(Nc1nc2cc(Br)ccc2s1)C(=O)OC. The van der Waals surface area contributed by atoms with Crippen LogP contribution in [0.5, 0.6) is 0 Å². The molecule has 18 heavy (non-hydrogen) atoms. The van der Waals surface area contributed by atoms with Crippen LogP contribution >= 0.6 is 27.3 Å². The first-order chi connectivity index (χ1) is 8.63. The van der Waals surface area contributed by atoms with Crippen LogP contribution in [0.4, 0.5) is 5.13 Å². The average Bonchev–Trinajstić information content (AvgIpc) is 2.76. The van der Waals surface area contributed by atoms with Crippen molar-refractivity contribution < 1.29 is 9.53 Å². The molecule has 0 fully saturated rings. The monoisotopic (exact) mass is 328 g/mol. The first kappa shape index (κ1) is 13.3. The van der Waals surface area contributed by atoms with Crippen molar-refractivity contribution in [2.45, 2.75) is 19.4 Å². The second kappa shape index (κ2) is 5.67. The Kier molecular flexibility index (Phi) is 4.19. The van der Waals surface area contributed by atoms with E-state index in [0.29, 0.717) is 6.42 Å². The maximum absolute atomic E-state index is 11.5. The third-order valence-corrected chi connectivity index (χ3v) is 4.00. The maximum Gasteiger partial charge on any atom is 0.328 e. The molecule has 0 aliphatic heterocycles. The van der Waals surface area contributed by atoms with Crippen molar-refractivity contribution in [2.24, 2.45) is 0 Å². The highest BCUT2D eigenvalue weighted by Crippen LogP contribution is 2.28. The quantitative estimate of drug-likeness (QED) is 0.873. The fourth-order valence-corrected chi connectivity index (χ4v) is 2.83. The van der Waals surface area contributed by atoms with Crippen LogP contribution in [0.2, 0.25) is 0 Å². The summed E-state index contributed by atoms with van der Waals surface area (Å²) >= 11 is 4.94. The van der Waals surface area contributed by atoms with Crippen molar-refractivity contribution in [1.82, 2.24) is 4.98 Å². The summed E-state index contributed by atoms with van der Waals surface area (Å²) in [7, 11) is 1.39. The van der Waals surface area contributed by atoms with E-state index in [1.807, 2.05) is 25.1 Å². The number of carbonyl (C=O) groups excluding carboxylic acids is 1. The number of ether oxygens (including phenoxy) is 1. The molecule has 1 heterocycles. The van der Waals surface area contributed by atoms with Crippen molar-refractivity contribution in [3.63, 3.8) is 0 Å². The van der Waals surface area contributed by atoms with Gasteiger partial charge in [-0.25, -0.2) is 9.78 Å². The molecule has 0 amide bonds. The number of aromatic nitrogens is 1. The Labute approximate surface area is 117 Å². The van der Waals surface area contributed by atoms with Crippen LogP contribution in [0.25, 0.3) is 10.2 Å². The fourth-order valence-electron chi connectivity index (χ4n) is 1.58. The minimum atomic E-state index is -0.348. The van der Waals surface area contributed by atoms with E-state index < -0.39 is 0 Å². The maximum atomic E-state index is 11.5. The van der Waals surface area contributed by atoms with Gasteiger partial charge >= 0.3 is 5.97 Å². The standard InChI is InChI=1S/C12H13BrN2O2S/c1-3-8(11(16)17-2)14-12-15-9-6-7(13)4-5-10(9)18-12/h4-6,8H,3H2,1-2H3,(H,14,15). The molecule has 1 atom stereocenters. The van der Waals surface area contributed by atoms with Gasteiger partial charge in [-0.05, 0) is 24.6 Å². The Hall–Kier alpha value is -1.14. The number of hydrogen-bond acceptors (Lipinski definition) is 5. The van der Waals surface area contributed by atoms with E-state index in [4.69, 9.17) is 4.74 Å². The van der Waals surface area contributed by atoms with Crippen LogP contribution < -0.4 is 5.32 Å². The van der Waals surface area contributed by atoms with Gasteiger partial charge in [0.1, 0.15) is 6.04 Å². The molecule has 0 radical (unpaired) electrons. The Balaban J connectivity index is 2.23. The van der Waals surface area contributed by atoms with E-state index in [1.54, 1.807) is 0 Å². The van der Waals surface area contributed by atoms with Gasteiger partial charge in [0.05, 0.1) is 17.3 Å². The van der Waals surface area contributed by atoms with Crippen LogP contribution in [0.3, 0.4) is 0 Å². The van der Waals surface area contributed by atoms with Crippen molar-refractivity contribution >= 4 is 48.6 Å². The van der Waals surface area contributed by atoms with E-state index >= 15 is 0 Å². The number of methoxy groups -OCH3 is 1. The molecule has 0 saturated heterocycles. The van der Waals surface area contributed by atoms with Crippen LogP contribution in [0.15, 0.2) is 22.7 Å². The zero-order chi connectivity index (χ0) is 13.1.